The molecule has 0 aliphatic rings. The third kappa shape index (κ3) is 4.76. The quantitative estimate of drug-likeness (QED) is 0.707. The molecule has 0 atom stereocenters. The third-order valence-corrected chi connectivity index (χ3v) is 3.08. The Morgan fingerprint density at radius 3 is 1.90 bits per heavy atom. The lowest BCUT2D eigenvalue weighted by Crippen LogP contribution is -2.27. The first kappa shape index (κ1) is 16.9. The van der Waals surface area contributed by atoms with E-state index in [4.69, 9.17) is 4.74 Å². The molecule has 0 N–H and O–H groups in total. The molecule has 0 saturated heterocycles. The fraction of sp³-hybridized carbons (Fsp3) is 0.600. The summed E-state index contributed by atoms with van der Waals surface area (Å²) in [4.78, 5) is 0. The van der Waals surface area contributed by atoms with Gasteiger partial charge >= 0.3 is 6.98 Å². The Morgan fingerprint density at radius 1 is 0.950 bits per heavy atom. The SMILES string of the molecule is CC(C)(C)c1ccc(OC[B-](F)(F)F)c(C(C)(C)C)c1. The standard InChI is InChI=1S/C15H23BF3O/c1-14(2,3)11-7-8-13(20-10-16(17,18)19)12(9-11)15(4,5)6/h7-9H,10H2,1-6H3/q-1. The van der Waals surface area contributed by atoms with Crippen LogP contribution < -0.4 is 4.74 Å². The number of hydrogen-bond acceptors (Lipinski definition) is 1. The summed E-state index contributed by atoms with van der Waals surface area (Å²) in [5, 5.41) is 0. The van der Waals surface area contributed by atoms with E-state index in [1.807, 2.05) is 32.9 Å². The van der Waals surface area contributed by atoms with Crippen molar-refractivity contribution in [1.82, 2.24) is 0 Å². The van der Waals surface area contributed by atoms with Crippen LogP contribution in [0.5, 0.6) is 5.75 Å². The van der Waals surface area contributed by atoms with Crippen molar-refractivity contribution in [3.63, 3.8) is 0 Å². The number of halogens is 3. The normalized spacial score (nSPS) is 13.4. The lowest BCUT2D eigenvalue weighted by atomic mass is 9.80. The Morgan fingerprint density at radius 2 is 1.50 bits per heavy atom. The topological polar surface area (TPSA) is 9.23 Å². The largest absolute Gasteiger partial charge is 0.521 e. The Kier molecular flexibility index (Phi) is 4.52. The lowest BCUT2D eigenvalue weighted by molar-refractivity contribution is 0.306. The predicted molar refractivity (Wildman–Crippen MR) is 78.4 cm³/mol. The van der Waals surface area contributed by atoms with Gasteiger partial charge in [0.05, 0.1) is 6.51 Å². The monoisotopic (exact) mass is 287 g/mol. The summed E-state index contributed by atoms with van der Waals surface area (Å²) in [6.07, 6.45) is 0. The van der Waals surface area contributed by atoms with Crippen LogP contribution in [0.25, 0.3) is 0 Å². The first-order chi connectivity index (χ1) is 8.81. The van der Waals surface area contributed by atoms with E-state index in [0.29, 0.717) is 5.75 Å². The Balaban J connectivity index is 3.18. The van der Waals surface area contributed by atoms with Crippen molar-refractivity contribution >= 4 is 6.98 Å². The molecule has 0 heterocycles. The van der Waals surface area contributed by atoms with Gasteiger partial charge in [0.1, 0.15) is 5.75 Å². The van der Waals surface area contributed by atoms with Crippen molar-refractivity contribution < 1.29 is 17.7 Å². The fourth-order valence-corrected chi connectivity index (χ4v) is 1.89. The van der Waals surface area contributed by atoms with E-state index >= 15 is 0 Å². The molecule has 1 rings (SSSR count). The van der Waals surface area contributed by atoms with E-state index in [9.17, 15) is 12.9 Å². The summed E-state index contributed by atoms with van der Waals surface area (Å²) in [7, 11) is 0. The number of ether oxygens (including phenoxy) is 1. The van der Waals surface area contributed by atoms with Gasteiger partial charge < -0.3 is 17.7 Å². The fourth-order valence-electron chi connectivity index (χ4n) is 1.89. The summed E-state index contributed by atoms with van der Waals surface area (Å²) in [5.74, 6) is 0.324. The van der Waals surface area contributed by atoms with Gasteiger partial charge in [-0.25, -0.2) is 0 Å². The average Bonchev–Trinajstić information content (AvgIpc) is 2.22. The maximum Gasteiger partial charge on any atom is 0.515 e. The van der Waals surface area contributed by atoms with Gasteiger partial charge in [-0.3, -0.25) is 0 Å². The second-order valence-electron chi connectivity index (χ2n) is 7.23. The summed E-state index contributed by atoms with van der Waals surface area (Å²) in [6, 6.07) is 5.45. The van der Waals surface area contributed by atoms with E-state index in [0.717, 1.165) is 11.1 Å². The van der Waals surface area contributed by atoms with Crippen molar-refractivity contribution in [2.75, 3.05) is 6.51 Å². The summed E-state index contributed by atoms with van der Waals surface area (Å²) < 4.78 is 42.1. The molecule has 1 nitrogen and oxygen atoms in total. The van der Waals surface area contributed by atoms with E-state index in [2.05, 4.69) is 20.8 Å². The molecule has 0 spiro atoms. The van der Waals surface area contributed by atoms with Crippen LogP contribution in [0.1, 0.15) is 52.7 Å². The highest BCUT2D eigenvalue weighted by molar-refractivity contribution is 6.58. The highest BCUT2D eigenvalue weighted by Gasteiger charge is 2.27. The Hall–Kier alpha value is -1.13. The van der Waals surface area contributed by atoms with E-state index < -0.39 is 13.5 Å². The zero-order chi connectivity index (χ0) is 15.8. The first-order valence-corrected chi connectivity index (χ1v) is 6.79. The van der Waals surface area contributed by atoms with Crippen molar-refractivity contribution in [2.45, 2.75) is 52.4 Å². The molecule has 0 radical (unpaired) electrons. The zero-order valence-corrected chi connectivity index (χ0v) is 13.1. The lowest BCUT2D eigenvalue weighted by Gasteiger charge is -2.28. The van der Waals surface area contributed by atoms with Gasteiger partial charge in [0.2, 0.25) is 0 Å². The third-order valence-electron chi connectivity index (χ3n) is 3.08. The number of rotatable bonds is 3. The number of hydrogen-bond donors (Lipinski definition) is 0. The molecule has 0 saturated carbocycles. The van der Waals surface area contributed by atoms with Crippen LogP contribution in [0, 0.1) is 0 Å². The molecule has 0 fully saturated rings. The van der Waals surface area contributed by atoms with Gasteiger partial charge in [0.25, 0.3) is 0 Å². The van der Waals surface area contributed by atoms with Crippen LogP contribution in [0.15, 0.2) is 18.2 Å². The molecule has 0 aromatic heterocycles. The Bertz CT molecular complexity index is 467. The van der Waals surface area contributed by atoms with Gasteiger partial charge in [0, 0.05) is 0 Å². The molecule has 5 heteroatoms. The Labute approximate surface area is 119 Å². The van der Waals surface area contributed by atoms with Crippen LogP contribution >= 0.6 is 0 Å². The number of benzene rings is 1. The molecule has 0 bridgehead atoms. The van der Waals surface area contributed by atoms with Crippen LogP contribution in [-0.4, -0.2) is 13.5 Å². The van der Waals surface area contributed by atoms with Crippen LogP contribution in [0.2, 0.25) is 0 Å². The minimum atomic E-state index is -4.94. The zero-order valence-electron chi connectivity index (χ0n) is 13.1. The minimum Gasteiger partial charge on any atom is -0.521 e. The van der Waals surface area contributed by atoms with E-state index in [-0.39, 0.29) is 10.8 Å². The summed E-state index contributed by atoms with van der Waals surface area (Å²) >= 11 is 0. The molecular weight excluding hydrogens is 264 g/mol. The molecule has 0 amide bonds. The smallest absolute Gasteiger partial charge is 0.515 e. The van der Waals surface area contributed by atoms with Crippen molar-refractivity contribution in [3.8, 4) is 5.75 Å². The summed E-state index contributed by atoms with van der Waals surface area (Å²) in [5.41, 5.74) is 1.58. The molecular formula is C15H23BF3O-. The maximum absolute atomic E-state index is 12.4. The highest BCUT2D eigenvalue weighted by atomic mass is 19.4. The molecule has 20 heavy (non-hydrogen) atoms. The van der Waals surface area contributed by atoms with E-state index in [1.54, 1.807) is 6.07 Å². The maximum atomic E-state index is 12.4. The molecule has 1 aromatic carbocycles. The van der Waals surface area contributed by atoms with Crippen molar-refractivity contribution in [2.24, 2.45) is 0 Å². The minimum absolute atomic E-state index is 0.0491. The predicted octanol–water partition coefficient (Wildman–Crippen LogP) is 5.05. The average molecular weight is 287 g/mol. The van der Waals surface area contributed by atoms with Gasteiger partial charge in [-0.1, -0.05) is 53.7 Å². The second-order valence-corrected chi connectivity index (χ2v) is 7.23. The second kappa shape index (κ2) is 5.34. The molecule has 0 aliphatic heterocycles. The molecule has 0 unspecified atom stereocenters. The van der Waals surface area contributed by atoms with Gasteiger partial charge in [0.15, 0.2) is 0 Å². The van der Waals surface area contributed by atoms with E-state index in [1.165, 1.54) is 0 Å². The highest BCUT2D eigenvalue weighted by Crippen LogP contribution is 2.35. The molecule has 114 valence electrons. The molecule has 1 aromatic rings. The first-order valence-electron chi connectivity index (χ1n) is 6.79. The van der Waals surface area contributed by atoms with Gasteiger partial charge in [-0.05, 0) is 28.0 Å². The van der Waals surface area contributed by atoms with Crippen molar-refractivity contribution in [1.29, 1.82) is 0 Å². The van der Waals surface area contributed by atoms with Crippen LogP contribution in [0.3, 0.4) is 0 Å². The van der Waals surface area contributed by atoms with Crippen LogP contribution in [-0.2, 0) is 10.8 Å². The van der Waals surface area contributed by atoms with Gasteiger partial charge in [-0.2, -0.15) is 0 Å². The summed E-state index contributed by atoms with van der Waals surface area (Å²) in [6.45, 7) is 6.01. The van der Waals surface area contributed by atoms with Gasteiger partial charge in [-0.15, -0.1) is 0 Å². The van der Waals surface area contributed by atoms with Crippen molar-refractivity contribution in [3.05, 3.63) is 29.3 Å². The molecule has 0 aliphatic carbocycles. The van der Waals surface area contributed by atoms with Crippen LogP contribution in [0.4, 0.5) is 12.9 Å².